The molecule has 0 bridgehead atoms. The Balaban J connectivity index is 2.79. The van der Waals surface area contributed by atoms with Crippen LogP contribution in [0.4, 0.5) is 4.39 Å². The van der Waals surface area contributed by atoms with Crippen molar-refractivity contribution in [3.05, 3.63) is 35.1 Å². The molecular formula is C10H12FNO2. The summed E-state index contributed by atoms with van der Waals surface area (Å²) in [5, 5.41) is 8.56. The molecule has 0 aromatic heterocycles. The van der Waals surface area contributed by atoms with Crippen molar-refractivity contribution >= 4 is 5.97 Å². The minimum absolute atomic E-state index is 0.0878. The van der Waals surface area contributed by atoms with E-state index in [2.05, 4.69) is 0 Å². The number of carboxylic acids is 1. The van der Waals surface area contributed by atoms with Gasteiger partial charge in [-0.05, 0) is 30.5 Å². The zero-order valence-corrected chi connectivity index (χ0v) is 7.53. The standard InChI is InChI=1S/C10H12FNO2/c1-6-2-3-7(4-8(6)11)5-9(12)10(13)14/h2-4,9H,5,12H2,1H3,(H,13,14)/t9-/m0/s1/i1D. The van der Waals surface area contributed by atoms with Gasteiger partial charge in [0.2, 0.25) is 0 Å². The van der Waals surface area contributed by atoms with Crippen LogP contribution in [0.15, 0.2) is 18.2 Å². The summed E-state index contributed by atoms with van der Waals surface area (Å²) in [5.41, 5.74) is 6.13. The van der Waals surface area contributed by atoms with Crippen LogP contribution >= 0.6 is 0 Å². The number of halogens is 1. The van der Waals surface area contributed by atoms with E-state index in [0.29, 0.717) is 11.1 Å². The van der Waals surface area contributed by atoms with Crippen LogP contribution in [0.1, 0.15) is 12.5 Å². The van der Waals surface area contributed by atoms with Gasteiger partial charge in [0.05, 0.1) is 0 Å². The predicted octanol–water partition coefficient (Wildman–Crippen LogP) is 1.09. The number of hydrogen-bond donors (Lipinski definition) is 2. The number of rotatable bonds is 3. The molecule has 0 heterocycles. The lowest BCUT2D eigenvalue weighted by Gasteiger charge is -2.06. The minimum Gasteiger partial charge on any atom is -0.480 e. The molecule has 0 fully saturated rings. The Morgan fingerprint density at radius 3 is 3.00 bits per heavy atom. The molecule has 0 aliphatic carbocycles. The molecule has 3 nitrogen and oxygen atoms in total. The summed E-state index contributed by atoms with van der Waals surface area (Å²) in [6.07, 6.45) is 0.0878. The van der Waals surface area contributed by atoms with E-state index in [9.17, 15) is 9.18 Å². The number of nitrogens with two attached hydrogens (primary N) is 1. The molecule has 0 aliphatic heterocycles. The van der Waals surface area contributed by atoms with Gasteiger partial charge in [-0.3, -0.25) is 4.79 Å². The lowest BCUT2D eigenvalue weighted by atomic mass is 10.0. The summed E-state index contributed by atoms with van der Waals surface area (Å²) in [6, 6.07) is 3.28. The second-order valence-electron chi connectivity index (χ2n) is 3.07. The highest BCUT2D eigenvalue weighted by Crippen LogP contribution is 2.10. The normalized spacial score (nSPS) is 13.4. The third-order valence-corrected chi connectivity index (χ3v) is 1.89. The summed E-state index contributed by atoms with van der Waals surface area (Å²) in [4.78, 5) is 10.5. The van der Waals surface area contributed by atoms with Crippen LogP contribution in [0.25, 0.3) is 0 Å². The second-order valence-corrected chi connectivity index (χ2v) is 3.07. The number of aryl methyl sites for hydroxylation is 1. The van der Waals surface area contributed by atoms with Crippen LogP contribution in [0.5, 0.6) is 0 Å². The van der Waals surface area contributed by atoms with E-state index in [1.807, 2.05) is 0 Å². The molecular weight excluding hydrogens is 185 g/mol. The Kier molecular flexibility index (Phi) is 2.74. The van der Waals surface area contributed by atoms with Crippen molar-refractivity contribution in [2.45, 2.75) is 19.4 Å². The first-order valence-corrected chi connectivity index (χ1v) is 4.09. The van der Waals surface area contributed by atoms with E-state index in [1.54, 1.807) is 6.07 Å². The summed E-state index contributed by atoms with van der Waals surface area (Å²) < 4.78 is 20.2. The molecule has 0 aliphatic rings. The molecule has 0 unspecified atom stereocenters. The molecule has 1 atom stereocenters. The van der Waals surface area contributed by atoms with Crippen molar-refractivity contribution in [2.75, 3.05) is 0 Å². The van der Waals surface area contributed by atoms with Gasteiger partial charge in [-0.15, -0.1) is 0 Å². The maximum Gasteiger partial charge on any atom is 0.320 e. The molecule has 1 rings (SSSR count). The first-order valence-electron chi connectivity index (χ1n) is 4.80. The van der Waals surface area contributed by atoms with E-state index < -0.39 is 17.8 Å². The third kappa shape index (κ3) is 2.53. The van der Waals surface area contributed by atoms with Gasteiger partial charge in [-0.2, -0.15) is 0 Å². The van der Waals surface area contributed by atoms with Gasteiger partial charge in [0.15, 0.2) is 0 Å². The summed E-state index contributed by atoms with van der Waals surface area (Å²) in [7, 11) is 0. The van der Waals surface area contributed by atoms with Crippen molar-refractivity contribution in [1.82, 2.24) is 0 Å². The molecule has 3 N–H and O–H groups in total. The highest BCUT2D eigenvalue weighted by Gasteiger charge is 2.12. The summed E-state index contributed by atoms with van der Waals surface area (Å²) in [5.74, 6) is -1.60. The van der Waals surface area contributed by atoms with Crippen molar-refractivity contribution in [2.24, 2.45) is 5.73 Å². The maximum atomic E-state index is 13.2. The number of benzene rings is 1. The van der Waals surface area contributed by atoms with Crippen LogP contribution in [0.2, 0.25) is 0 Å². The maximum absolute atomic E-state index is 13.2. The smallest absolute Gasteiger partial charge is 0.320 e. The summed E-state index contributed by atoms with van der Waals surface area (Å²) >= 11 is 0. The Labute approximate surface area is 82.8 Å². The Hall–Kier alpha value is -1.42. The fraction of sp³-hybridized carbons (Fsp3) is 0.300. The van der Waals surface area contributed by atoms with Gasteiger partial charge in [0.1, 0.15) is 11.9 Å². The zero-order chi connectivity index (χ0) is 11.4. The average Bonchev–Trinajstić information content (AvgIpc) is 2.18. The number of aliphatic carboxylic acids is 1. The first kappa shape index (κ1) is 9.15. The highest BCUT2D eigenvalue weighted by molar-refractivity contribution is 5.73. The van der Waals surface area contributed by atoms with Crippen LogP contribution in [0, 0.1) is 12.7 Å². The molecule has 1 aromatic rings. The van der Waals surface area contributed by atoms with E-state index in [-0.39, 0.29) is 13.3 Å². The molecule has 0 saturated heterocycles. The molecule has 76 valence electrons. The van der Waals surface area contributed by atoms with Gasteiger partial charge >= 0.3 is 5.97 Å². The van der Waals surface area contributed by atoms with Crippen LogP contribution in [-0.2, 0) is 11.2 Å². The zero-order valence-electron chi connectivity index (χ0n) is 8.53. The van der Waals surface area contributed by atoms with Gasteiger partial charge in [-0.1, -0.05) is 12.1 Å². The molecule has 1 aromatic carbocycles. The number of carboxylic acid groups (broad SMARTS) is 1. The van der Waals surface area contributed by atoms with Crippen molar-refractivity contribution in [3.63, 3.8) is 0 Å². The van der Waals surface area contributed by atoms with E-state index in [0.717, 1.165) is 0 Å². The molecule has 4 heteroatoms. The van der Waals surface area contributed by atoms with Crippen molar-refractivity contribution in [3.8, 4) is 0 Å². The van der Waals surface area contributed by atoms with Crippen LogP contribution in [-0.4, -0.2) is 17.1 Å². The van der Waals surface area contributed by atoms with Crippen LogP contribution in [0.3, 0.4) is 0 Å². The Morgan fingerprint density at radius 2 is 2.50 bits per heavy atom. The SMILES string of the molecule is [2H]Cc1ccc(C[C@H](N)C(=O)O)cc1F. The lowest BCUT2D eigenvalue weighted by Crippen LogP contribution is -2.32. The number of carbonyl (C=O) groups is 1. The van der Waals surface area contributed by atoms with Crippen molar-refractivity contribution in [1.29, 1.82) is 0 Å². The largest absolute Gasteiger partial charge is 0.480 e. The topological polar surface area (TPSA) is 63.3 Å². The second kappa shape index (κ2) is 4.19. The minimum atomic E-state index is -1.11. The number of hydrogen-bond acceptors (Lipinski definition) is 2. The van der Waals surface area contributed by atoms with Crippen molar-refractivity contribution < 1.29 is 15.7 Å². The molecule has 0 amide bonds. The highest BCUT2D eigenvalue weighted by atomic mass is 19.1. The molecule has 0 spiro atoms. The fourth-order valence-corrected chi connectivity index (χ4v) is 1.06. The molecule has 14 heavy (non-hydrogen) atoms. The Bertz CT molecular complexity index is 370. The summed E-state index contributed by atoms with van der Waals surface area (Å²) in [6.45, 7) is -0.128. The van der Waals surface area contributed by atoms with Gasteiger partial charge in [-0.25, -0.2) is 4.39 Å². The van der Waals surface area contributed by atoms with E-state index >= 15 is 0 Å². The van der Waals surface area contributed by atoms with Crippen LogP contribution < -0.4 is 5.73 Å². The van der Waals surface area contributed by atoms with Gasteiger partial charge < -0.3 is 10.8 Å². The van der Waals surface area contributed by atoms with Gasteiger partial charge in [0.25, 0.3) is 0 Å². The van der Waals surface area contributed by atoms with E-state index in [4.69, 9.17) is 12.2 Å². The third-order valence-electron chi connectivity index (χ3n) is 1.89. The first-order chi connectivity index (χ1) is 7.04. The molecule has 0 saturated carbocycles. The monoisotopic (exact) mass is 198 g/mol. The lowest BCUT2D eigenvalue weighted by molar-refractivity contribution is -0.138. The molecule has 0 radical (unpaired) electrons. The van der Waals surface area contributed by atoms with E-state index in [1.165, 1.54) is 12.1 Å². The van der Waals surface area contributed by atoms with Gasteiger partial charge in [0, 0.05) is 1.37 Å². The Morgan fingerprint density at radius 1 is 1.79 bits per heavy atom. The predicted molar refractivity (Wildman–Crippen MR) is 50.5 cm³/mol. The average molecular weight is 198 g/mol. The fourth-order valence-electron chi connectivity index (χ4n) is 1.06. The quantitative estimate of drug-likeness (QED) is 0.764.